The first-order valence-electron chi connectivity index (χ1n) is 12.5. The van der Waals surface area contributed by atoms with E-state index in [-0.39, 0.29) is 12.2 Å². The molecule has 4 rings (SSSR count). The van der Waals surface area contributed by atoms with Crippen molar-refractivity contribution in [1.29, 1.82) is 0 Å². The molecule has 1 aliphatic rings. The summed E-state index contributed by atoms with van der Waals surface area (Å²) in [5, 5.41) is 0. The number of aromatic nitrogens is 1. The Morgan fingerprint density at radius 2 is 1.84 bits per heavy atom. The van der Waals surface area contributed by atoms with Gasteiger partial charge >= 0.3 is 5.97 Å². The zero-order chi connectivity index (χ0) is 27.4. The van der Waals surface area contributed by atoms with E-state index in [9.17, 15) is 9.59 Å². The molecule has 0 amide bonds. The van der Waals surface area contributed by atoms with Gasteiger partial charge in [-0.05, 0) is 55.3 Å². The van der Waals surface area contributed by atoms with Gasteiger partial charge in [0.15, 0.2) is 4.80 Å². The molecule has 0 aliphatic carbocycles. The molecule has 0 N–H and O–H groups in total. The van der Waals surface area contributed by atoms with Crippen LogP contribution in [0.5, 0.6) is 11.5 Å². The minimum atomic E-state index is -0.782. The molecule has 1 aliphatic heterocycles. The SMILES string of the molecule is CCCC1=C(C(=O)OCC)[C@@H](c2cc(OC)ccc2OC)n2c(s/c(=C\c3ccc(N(C)C)cc3)c2=O)=N1. The summed E-state index contributed by atoms with van der Waals surface area (Å²) in [7, 11) is 7.10. The first-order chi connectivity index (χ1) is 18.3. The zero-order valence-corrected chi connectivity index (χ0v) is 23.4. The Hall–Kier alpha value is -3.85. The van der Waals surface area contributed by atoms with Crippen LogP contribution < -0.4 is 29.3 Å². The smallest absolute Gasteiger partial charge is 0.338 e. The number of carbonyl (C=O) groups excluding carboxylic acids is 1. The largest absolute Gasteiger partial charge is 0.497 e. The quantitative estimate of drug-likeness (QED) is 0.389. The number of benzene rings is 2. The van der Waals surface area contributed by atoms with E-state index in [4.69, 9.17) is 19.2 Å². The number of methoxy groups -OCH3 is 2. The summed E-state index contributed by atoms with van der Waals surface area (Å²) in [6, 6.07) is 12.5. The molecule has 0 saturated heterocycles. The third kappa shape index (κ3) is 5.24. The fourth-order valence-electron chi connectivity index (χ4n) is 4.49. The number of hydrogen-bond donors (Lipinski definition) is 0. The van der Waals surface area contributed by atoms with Crippen molar-refractivity contribution < 1.29 is 19.0 Å². The fraction of sp³-hybridized carbons (Fsp3) is 0.345. The van der Waals surface area contributed by atoms with Gasteiger partial charge in [-0.3, -0.25) is 9.36 Å². The van der Waals surface area contributed by atoms with E-state index in [2.05, 4.69) is 0 Å². The maximum atomic E-state index is 13.9. The highest BCUT2D eigenvalue weighted by Gasteiger charge is 2.36. The summed E-state index contributed by atoms with van der Waals surface area (Å²) in [5.41, 5.74) is 3.31. The van der Waals surface area contributed by atoms with Gasteiger partial charge in [0.1, 0.15) is 17.5 Å². The fourth-order valence-corrected chi connectivity index (χ4v) is 5.51. The number of rotatable bonds is 9. The number of ether oxygens (including phenoxy) is 3. The molecule has 1 aromatic heterocycles. The topological polar surface area (TPSA) is 82.4 Å². The van der Waals surface area contributed by atoms with Gasteiger partial charge in [0, 0.05) is 25.3 Å². The van der Waals surface area contributed by atoms with Gasteiger partial charge < -0.3 is 19.1 Å². The first-order valence-corrected chi connectivity index (χ1v) is 13.4. The Kier molecular flexibility index (Phi) is 8.36. The monoisotopic (exact) mass is 535 g/mol. The molecule has 0 bridgehead atoms. The van der Waals surface area contributed by atoms with Crippen molar-refractivity contribution in [2.75, 3.05) is 39.8 Å². The third-order valence-corrected chi connectivity index (χ3v) is 7.31. The molecule has 2 heterocycles. The van der Waals surface area contributed by atoms with Gasteiger partial charge in [-0.15, -0.1) is 0 Å². The maximum absolute atomic E-state index is 13.9. The number of carbonyl (C=O) groups is 1. The zero-order valence-electron chi connectivity index (χ0n) is 22.6. The molecule has 1 atom stereocenters. The van der Waals surface area contributed by atoms with Crippen LogP contribution in [0, 0.1) is 0 Å². The molecule has 2 aromatic carbocycles. The second kappa shape index (κ2) is 11.7. The normalized spacial score (nSPS) is 15.1. The lowest BCUT2D eigenvalue weighted by molar-refractivity contribution is -0.139. The highest BCUT2D eigenvalue weighted by Crippen LogP contribution is 2.38. The van der Waals surface area contributed by atoms with Gasteiger partial charge in [0.2, 0.25) is 0 Å². The first kappa shape index (κ1) is 27.2. The summed E-state index contributed by atoms with van der Waals surface area (Å²) in [6.45, 7) is 3.99. The van der Waals surface area contributed by atoms with Crippen molar-refractivity contribution >= 4 is 29.1 Å². The molecule has 8 nitrogen and oxygen atoms in total. The van der Waals surface area contributed by atoms with E-state index in [1.807, 2.05) is 56.3 Å². The Bertz CT molecular complexity index is 1530. The van der Waals surface area contributed by atoms with Crippen LogP contribution >= 0.6 is 11.3 Å². The average Bonchev–Trinajstić information content (AvgIpc) is 3.22. The molecule has 0 fully saturated rings. The summed E-state index contributed by atoms with van der Waals surface area (Å²) in [5.74, 6) is 0.619. The van der Waals surface area contributed by atoms with Crippen molar-refractivity contribution in [2.24, 2.45) is 4.99 Å². The van der Waals surface area contributed by atoms with Gasteiger partial charge in [-0.2, -0.15) is 0 Å². The van der Waals surface area contributed by atoms with Crippen LogP contribution in [0.4, 0.5) is 5.69 Å². The second-order valence-electron chi connectivity index (χ2n) is 9.01. The van der Waals surface area contributed by atoms with E-state index in [0.717, 1.165) is 17.7 Å². The van der Waals surface area contributed by atoms with Crippen molar-refractivity contribution in [3.8, 4) is 11.5 Å². The Morgan fingerprint density at radius 3 is 2.45 bits per heavy atom. The van der Waals surface area contributed by atoms with Crippen molar-refractivity contribution in [2.45, 2.75) is 32.7 Å². The highest BCUT2D eigenvalue weighted by atomic mass is 32.1. The highest BCUT2D eigenvalue weighted by molar-refractivity contribution is 7.07. The molecule has 0 saturated carbocycles. The number of anilines is 1. The molecular formula is C29H33N3O5S. The lowest BCUT2D eigenvalue weighted by Crippen LogP contribution is -2.40. The maximum Gasteiger partial charge on any atom is 0.338 e. The Balaban J connectivity index is 2.01. The van der Waals surface area contributed by atoms with E-state index < -0.39 is 12.0 Å². The van der Waals surface area contributed by atoms with Crippen LogP contribution in [-0.4, -0.2) is 45.5 Å². The van der Waals surface area contributed by atoms with Crippen LogP contribution in [0.15, 0.2) is 63.5 Å². The van der Waals surface area contributed by atoms with Gasteiger partial charge in [-0.1, -0.05) is 36.8 Å². The minimum Gasteiger partial charge on any atom is -0.497 e. The van der Waals surface area contributed by atoms with E-state index in [1.54, 1.807) is 43.9 Å². The van der Waals surface area contributed by atoms with Gasteiger partial charge in [0.05, 0.1) is 36.6 Å². The number of esters is 1. The lowest BCUT2D eigenvalue weighted by Gasteiger charge is -2.27. The standard InChI is InChI=1S/C29H33N3O5S/c1-7-9-22-25(28(34)37-8-2)26(21-17-20(35-5)14-15-23(21)36-6)32-27(33)24(38-29(32)30-22)16-18-10-12-19(13-11-18)31(3)4/h10-17,26H,7-9H2,1-6H3/b24-16-/t26-/m1/s1. The molecule has 0 spiro atoms. The van der Waals surface area contributed by atoms with Crippen molar-refractivity contribution in [1.82, 2.24) is 4.57 Å². The molecular weight excluding hydrogens is 502 g/mol. The molecule has 38 heavy (non-hydrogen) atoms. The van der Waals surface area contributed by atoms with E-state index in [1.165, 1.54) is 11.3 Å². The van der Waals surface area contributed by atoms with E-state index >= 15 is 0 Å². The molecule has 9 heteroatoms. The summed E-state index contributed by atoms with van der Waals surface area (Å²) < 4.78 is 18.7. The van der Waals surface area contributed by atoms with E-state index in [0.29, 0.717) is 44.1 Å². The average molecular weight is 536 g/mol. The Labute approximate surface area is 226 Å². The second-order valence-corrected chi connectivity index (χ2v) is 10.0. The predicted molar refractivity (Wildman–Crippen MR) is 150 cm³/mol. The summed E-state index contributed by atoms with van der Waals surface area (Å²) in [4.78, 5) is 34.7. The van der Waals surface area contributed by atoms with Crippen molar-refractivity contribution in [3.05, 3.63) is 84.5 Å². The Morgan fingerprint density at radius 1 is 1.11 bits per heavy atom. The van der Waals surface area contributed by atoms with Gasteiger partial charge in [0.25, 0.3) is 5.56 Å². The third-order valence-electron chi connectivity index (χ3n) is 6.33. The minimum absolute atomic E-state index is 0.205. The number of fused-ring (bicyclic) bond motifs is 1. The van der Waals surface area contributed by atoms with Crippen LogP contribution in [-0.2, 0) is 9.53 Å². The lowest BCUT2D eigenvalue weighted by atomic mass is 9.93. The number of hydrogen-bond acceptors (Lipinski definition) is 8. The number of nitrogens with zero attached hydrogens (tertiary/aromatic N) is 3. The molecule has 200 valence electrons. The van der Waals surface area contributed by atoms with Gasteiger partial charge in [-0.25, -0.2) is 9.79 Å². The number of allylic oxidation sites excluding steroid dienone is 1. The van der Waals surface area contributed by atoms with Crippen LogP contribution in [0.2, 0.25) is 0 Å². The summed E-state index contributed by atoms with van der Waals surface area (Å²) >= 11 is 1.31. The van der Waals surface area contributed by atoms with Crippen molar-refractivity contribution in [3.63, 3.8) is 0 Å². The molecule has 3 aromatic rings. The number of thiazole rings is 1. The predicted octanol–water partition coefficient (Wildman–Crippen LogP) is 3.66. The molecule has 0 unspecified atom stereocenters. The summed E-state index contributed by atoms with van der Waals surface area (Å²) in [6.07, 6.45) is 3.20. The van der Waals surface area contributed by atoms with Crippen LogP contribution in [0.1, 0.15) is 43.9 Å². The molecule has 0 radical (unpaired) electrons. The van der Waals surface area contributed by atoms with Crippen LogP contribution in [0.3, 0.4) is 0 Å². The van der Waals surface area contributed by atoms with Crippen LogP contribution in [0.25, 0.3) is 6.08 Å².